The Balaban J connectivity index is 2.44. The number of nitrogens with one attached hydrogen (secondary N) is 2. The minimum atomic E-state index is -1.99. The summed E-state index contributed by atoms with van der Waals surface area (Å²) in [4.78, 5) is 23.8. The van der Waals surface area contributed by atoms with E-state index >= 15 is 0 Å². The Kier molecular flexibility index (Phi) is 8.97. The molecule has 0 heterocycles. The molecule has 8 nitrogen and oxygen atoms in total. The van der Waals surface area contributed by atoms with Crippen molar-refractivity contribution in [3.63, 3.8) is 0 Å². The molecule has 4 N–H and O–H groups in total. The number of methoxy groups -OCH3 is 1. The van der Waals surface area contributed by atoms with E-state index in [1.807, 2.05) is 19.9 Å². The van der Waals surface area contributed by atoms with Crippen LogP contribution >= 0.6 is 0 Å². The van der Waals surface area contributed by atoms with Crippen LogP contribution in [0.15, 0.2) is 24.3 Å². The van der Waals surface area contributed by atoms with Crippen molar-refractivity contribution in [1.29, 1.82) is 0 Å². The third kappa shape index (κ3) is 9.09. The first kappa shape index (κ1) is 20.9. The molecule has 25 heavy (non-hydrogen) atoms. The average molecular weight is 352 g/mol. The van der Waals surface area contributed by atoms with Crippen molar-refractivity contribution in [2.24, 2.45) is 5.92 Å². The molecule has 0 bridgehead atoms. The lowest BCUT2D eigenvalue weighted by atomic mass is 10.1. The van der Waals surface area contributed by atoms with Crippen LogP contribution in [0.3, 0.4) is 0 Å². The molecule has 0 aromatic heterocycles. The van der Waals surface area contributed by atoms with Crippen LogP contribution in [0.25, 0.3) is 0 Å². The Morgan fingerprint density at radius 3 is 2.56 bits per heavy atom. The Morgan fingerprint density at radius 2 is 1.96 bits per heavy atom. The van der Waals surface area contributed by atoms with E-state index in [4.69, 9.17) is 19.4 Å². The molecule has 9 heteroatoms. The minimum Gasteiger partial charge on any atom is -0.497 e. The molecule has 1 aromatic carbocycles. The maximum absolute atomic E-state index is 11.9. The van der Waals surface area contributed by atoms with Gasteiger partial charge >= 0.3 is 7.32 Å². The molecule has 0 aliphatic rings. The van der Waals surface area contributed by atoms with Crippen LogP contribution in [0.1, 0.15) is 32.3 Å². The summed E-state index contributed by atoms with van der Waals surface area (Å²) in [6.45, 7) is 4.06. The highest BCUT2D eigenvalue weighted by Gasteiger charge is 2.22. The van der Waals surface area contributed by atoms with Crippen LogP contribution in [-0.4, -0.2) is 42.5 Å². The molecule has 0 aliphatic carbocycles. The van der Waals surface area contributed by atoms with Crippen molar-refractivity contribution < 1.29 is 29.0 Å². The normalized spacial score (nSPS) is 11.8. The molecule has 0 aliphatic heterocycles. The number of rotatable bonds is 10. The van der Waals surface area contributed by atoms with Crippen LogP contribution in [0.2, 0.25) is 0 Å². The third-order valence-electron chi connectivity index (χ3n) is 3.24. The predicted molar refractivity (Wildman–Crippen MR) is 92.1 cm³/mol. The van der Waals surface area contributed by atoms with Crippen LogP contribution < -0.4 is 15.4 Å². The second-order valence-corrected chi connectivity index (χ2v) is 5.95. The maximum Gasteiger partial charge on any atom is 0.635 e. The van der Waals surface area contributed by atoms with Crippen molar-refractivity contribution in [2.75, 3.05) is 7.11 Å². The molecule has 0 spiro atoms. The second-order valence-electron chi connectivity index (χ2n) is 5.95. The van der Waals surface area contributed by atoms with Gasteiger partial charge in [-0.3, -0.25) is 9.59 Å². The van der Waals surface area contributed by atoms with E-state index in [1.54, 1.807) is 25.3 Å². The molecular weight excluding hydrogens is 327 g/mol. The van der Waals surface area contributed by atoms with E-state index in [-0.39, 0.29) is 18.9 Å². The van der Waals surface area contributed by atoms with Gasteiger partial charge in [-0.15, -0.1) is 0 Å². The summed E-state index contributed by atoms with van der Waals surface area (Å²) in [7, 11) is -0.438. The van der Waals surface area contributed by atoms with Gasteiger partial charge in [0, 0.05) is 6.54 Å². The SMILES string of the molecule is COc1cccc(CNC(=O)CC(=O)N[C@@H](CC(C)C)OB(O)O)c1. The first-order valence-corrected chi connectivity index (χ1v) is 8.00. The highest BCUT2D eigenvalue weighted by molar-refractivity contribution is 6.32. The summed E-state index contributed by atoms with van der Waals surface area (Å²) >= 11 is 0. The molecule has 0 unspecified atom stereocenters. The Hall–Kier alpha value is -2.10. The number of hydrogen-bond acceptors (Lipinski definition) is 6. The molecule has 0 fully saturated rings. The lowest BCUT2D eigenvalue weighted by molar-refractivity contribution is -0.131. The zero-order valence-corrected chi connectivity index (χ0v) is 14.7. The molecule has 1 rings (SSSR count). The van der Waals surface area contributed by atoms with Crippen LogP contribution in [0.5, 0.6) is 5.75 Å². The van der Waals surface area contributed by atoms with E-state index in [1.165, 1.54) is 0 Å². The van der Waals surface area contributed by atoms with Crippen LogP contribution in [0.4, 0.5) is 0 Å². The second kappa shape index (κ2) is 10.7. The molecule has 1 atom stereocenters. The van der Waals surface area contributed by atoms with E-state index < -0.39 is 25.4 Å². The summed E-state index contributed by atoms with van der Waals surface area (Å²) in [6, 6.07) is 7.22. The summed E-state index contributed by atoms with van der Waals surface area (Å²) in [5, 5.41) is 22.9. The van der Waals surface area contributed by atoms with E-state index in [9.17, 15) is 9.59 Å². The zero-order chi connectivity index (χ0) is 18.8. The van der Waals surface area contributed by atoms with Crippen molar-refractivity contribution in [3.05, 3.63) is 29.8 Å². The van der Waals surface area contributed by atoms with Crippen LogP contribution in [0, 0.1) is 5.92 Å². The largest absolute Gasteiger partial charge is 0.635 e. The van der Waals surface area contributed by atoms with Crippen LogP contribution in [-0.2, 0) is 20.8 Å². The van der Waals surface area contributed by atoms with Gasteiger partial charge in [-0.25, -0.2) is 0 Å². The number of amides is 2. The predicted octanol–water partition coefficient (Wildman–Crippen LogP) is 0.176. The zero-order valence-electron chi connectivity index (χ0n) is 14.7. The maximum atomic E-state index is 11.9. The minimum absolute atomic E-state index is 0.158. The Bertz CT molecular complexity index is 557. The fourth-order valence-corrected chi connectivity index (χ4v) is 2.15. The standard InChI is InChI=1S/C16H25BN2O6/c1-11(2)7-16(25-17(22)23)19-15(21)9-14(20)18-10-12-5-4-6-13(8-12)24-3/h4-6,8,11,16,22-23H,7,9-10H2,1-3H3,(H,18,20)(H,19,21)/t16-/m1/s1. The van der Waals surface area contributed by atoms with Gasteiger partial charge in [0.15, 0.2) is 0 Å². The lowest BCUT2D eigenvalue weighted by Gasteiger charge is -2.21. The topological polar surface area (TPSA) is 117 Å². The number of ether oxygens (including phenoxy) is 1. The van der Waals surface area contributed by atoms with Gasteiger partial charge in [-0.05, 0) is 30.0 Å². The van der Waals surface area contributed by atoms with Gasteiger partial charge in [-0.1, -0.05) is 26.0 Å². The van der Waals surface area contributed by atoms with E-state index in [0.717, 1.165) is 5.56 Å². The average Bonchev–Trinajstić information content (AvgIpc) is 2.51. The summed E-state index contributed by atoms with van der Waals surface area (Å²) in [5.41, 5.74) is 0.845. The number of carbonyl (C=O) groups is 2. The Morgan fingerprint density at radius 1 is 1.24 bits per heavy atom. The molecular formula is C16H25BN2O6. The van der Waals surface area contributed by atoms with Gasteiger partial charge < -0.3 is 30.1 Å². The van der Waals surface area contributed by atoms with Gasteiger partial charge in [0.2, 0.25) is 11.8 Å². The van der Waals surface area contributed by atoms with Crippen molar-refractivity contribution in [1.82, 2.24) is 10.6 Å². The first-order chi connectivity index (χ1) is 11.8. The smallest absolute Gasteiger partial charge is 0.497 e. The summed E-state index contributed by atoms with van der Waals surface area (Å²) in [6.07, 6.45) is -0.878. The highest BCUT2D eigenvalue weighted by atomic mass is 16.6. The quantitative estimate of drug-likeness (QED) is 0.271. The molecule has 0 saturated heterocycles. The molecule has 1 aromatic rings. The summed E-state index contributed by atoms with van der Waals surface area (Å²) < 4.78 is 9.90. The highest BCUT2D eigenvalue weighted by Crippen LogP contribution is 2.12. The number of carbonyl (C=O) groups excluding carboxylic acids is 2. The molecule has 0 radical (unpaired) electrons. The number of hydrogen-bond donors (Lipinski definition) is 4. The van der Waals surface area contributed by atoms with Crippen molar-refractivity contribution in [2.45, 2.75) is 39.5 Å². The van der Waals surface area contributed by atoms with Crippen molar-refractivity contribution >= 4 is 19.1 Å². The van der Waals surface area contributed by atoms with E-state index in [2.05, 4.69) is 10.6 Å². The fraction of sp³-hybridized carbons (Fsp3) is 0.500. The van der Waals surface area contributed by atoms with Gasteiger partial charge in [0.25, 0.3) is 0 Å². The number of benzene rings is 1. The third-order valence-corrected chi connectivity index (χ3v) is 3.24. The van der Waals surface area contributed by atoms with Gasteiger partial charge in [0.05, 0.1) is 7.11 Å². The van der Waals surface area contributed by atoms with Gasteiger partial charge in [-0.2, -0.15) is 0 Å². The van der Waals surface area contributed by atoms with Crippen molar-refractivity contribution in [3.8, 4) is 5.75 Å². The van der Waals surface area contributed by atoms with Gasteiger partial charge in [0.1, 0.15) is 18.4 Å². The monoisotopic (exact) mass is 352 g/mol. The molecule has 0 saturated carbocycles. The first-order valence-electron chi connectivity index (χ1n) is 8.00. The Labute approximate surface area is 147 Å². The summed E-state index contributed by atoms with van der Waals surface area (Å²) in [5.74, 6) is -0.172. The van der Waals surface area contributed by atoms with E-state index in [0.29, 0.717) is 12.2 Å². The lowest BCUT2D eigenvalue weighted by Crippen LogP contribution is -2.43. The fourth-order valence-electron chi connectivity index (χ4n) is 2.15. The molecule has 2 amide bonds. The molecule has 138 valence electrons.